The number of anilines is 1. The fraction of sp³-hybridized carbons (Fsp3) is 0.579. The molecular weight excluding hydrogens is 318 g/mol. The van der Waals surface area contributed by atoms with E-state index in [0.717, 1.165) is 12.8 Å². The Morgan fingerprint density at radius 1 is 1.20 bits per heavy atom. The molecule has 3 aliphatic rings. The lowest BCUT2D eigenvalue weighted by atomic mass is 9.82. The highest BCUT2D eigenvalue weighted by Crippen LogP contribution is 2.45. The van der Waals surface area contributed by atoms with Gasteiger partial charge in [-0.05, 0) is 51.7 Å². The summed E-state index contributed by atoms with van der Waals surface area (Å²) < 4.78 is 5.27. The second kappa shape index (κ2) is 5.73. The van der Waals surface area contributed by atoms with Crippen LogP contribution in [0.2, 0.25) is 0 Å². The zero-order valence-electron chi connectivity index (χ0n) is 15.0. The summed E-state index contributed by atoms with van der Waals surface area (Å²) in [4.78, 5) is 29.9. The first-order chi connectivity index (χ1) is 12.0. The van der Waals surface area contributed by atoms with Gasteiger partial charge in [-0.15, -0.1) is 0 Å². The molecule has 3 saturated heterocycles. The van der Waals surface area contributed by atoms with Crippen LogP contribution in [0.4, 0.5) is 10.5 Å². The first-order valence-electron chi connectivity index (χ1n) is 9.04. The Morgan fingerprint density at radius 2 is 1.88 bits per heavy atom. The lowest BCUT2D eigenvalue weighted by molar-refractivity contribution is -0.127. The molecule has 1 spiro atoms. The van der Waals surface area contributed by atoms with Crippen LogP contribution in [0, 0.1) is 0 Å². The zero-order chi connectivity index (χ0) is 17.8. The van der Waals surface area contributed by atoms with Gasteiger partial charge in [-0.3, -0.25) is 4.79 Å². The molecular formula is C19H25N3O3. The van der Waals surface area contributed by atoms with E-state index in [0.29, 0.717) is 36.4 Å². The summed E-state index contributed by atoms with van der Waals surface area (Å²) in [6.45, 7) is 3.98. The summed E-state index contributed by atoms with van der Waals surface area (Å²) in [5, 5.41) is 3.58. The summed E-state index contributed by atoms with van der Waals surface area (Å²) in [5.41, 5.74) is -0.131. The van der Waals surface area contributed by atoms with E-state index >= 15 is 0 Å². The number of nitrogens with zero attached hydrogens (tertiary/aromatic N) is 2. The molecule has 0 aliphatic carbocycles. The van der Waals surface area contributed by atoms with Crippen molar-refractivity contribution >= 4 is 17.6 Å². The molecule has 0 radical (unpaired) electrons. The number of ether oxygens (including phenoxy) is 1. The SMILES string of the molecule is COc1cccc(N2C(=O)N(C(C)C)C3(CC4CCC(C3)N4)C2=O)c1. The molecule has 3 fully saturated rings. The predicted molar refractivity (Wildman–Crippen MR) is 94.8 cm³/mol. The van der Waals surface area contributed by atoms with Crippen molar-refractivity contribution in [1.82, 2.24) is 10.2 Å². The molecule has 1 aromatic rings. The van der Waals surface area contributed by atoms with E-state index in [1.807, 2.05) is 30.9 Å². The van der Waals surface area contributed by atoms with Gasteiger partial charge < -0.3 is 15.0 Å². The quantitative estimate of drug-likeness (QED) is 0.857. The van der Waals surface area contributed by atoms with Gasteiger partial charge >= 0.3 is 6.03 Å². The lowest BCUT2D eigenvalue weighted by Crippen LogP contribution is -2.60. The third kappa shape index (κ3) is 2.34. The van der Waals surface area contributed by atoms with Gasteiger partial charge in [-0.25, -0.2) is 9.69 Å². The van der Waals surface area contributed by atoms with Gasteiger partial charge in [0.25, 0.3) is 5.91 Å². The number of hydrogen-bond donors (Lipinski definition) is 1. The largest absolute Gasteiger partial charge is 0.497 e. The maximum absolute atomic E-state index is 13.5. The molecule has 3 amide bonds. The Kier molecular flexibility index (Phi) is 3.76. The number of benzene rings is 1. The number of imide groups is 1. The number of carbonyl (C=O) groups excluding carboxylic acids is 2. The van der Waals surface area contributed by atoms with Crippen molar-refractivity contribution in [3.05, 3.63) is 24.3 Å². The summed E-state index contributed by atoms with van der Waals surface area (Å²) in [7, 11) is 1.58. The standard InChI is InChI=1S/C19H25N3O3/c1-12(2)22-18(24)21(15-5-4-6-16(9-15)25-3)17(23)19(22)10-13-7-8-14(11-19)20-13/h4-6,9,12-14,20H,7-8,10-11H2,1-3H3. The van der Waals surface area contributed by atoms with E-state index in [1.165, 1.54) is 4.90 Å². The molecule has 2 bridgehead atoms. The highest BCUT2D eigenvalue weighted by atomic mass is 16.5. The van der Waals surface area contributed by atoms with E-state index in [1.54, 1.807) is 19.2 Å². The molecule has 6 nitrogen and oxygen atoms in total. The second-order valence-corrected chi connectivity index (χ2v) is 7.67. The summed E-state index contributed by atoms with van der Waals surface area (Å²) in [6.07, 6.45) is 3.57. The minimum Gasteiger partial charge on any atom is -0.497 e. The van der Waals surface area contributed by atoms with Gasteiger partial charge in [0.1, 0.15) is 11.3 Å². The maximum atomic E-state index is 13.5. The van der Waals surface area contributed by atoms with Crippen LogP contribution >= 0.6 is 0 Å². The van der Waals surface area contributed by atoms with E-state index in [-0.39, 0.29) is 18.0 Å². The average Bonchev–Trinajstić information content (AvgIpc) is 3.02. The van der Waals surface area contributed by atoms with E-state index in [9.17, 15) is 9.59 Å². The number of carbonyl (C=O) groups is 2. The molecule has 1 aromatic carbocycles. The number of methoxy groups -OCH3 is 1. The summed E-state index contributed by atoms with van der Waals surface area (Å²) >= 11 is 0. The van der Waals surface area contributed by atoms with Crippen molar-refractivity contribution in [2.24, 2.45) is 0 Å². The molecule has 2 unspecified atom stereocenters. The van der Waals surface area contributed by atoms with Gasteiger partial charge in [-0.1, -0.05) is 6.07 Å². The predicted octanol–water partition coefficient (Wildman–Crippen LogP) is 2.53. The minimum absolute atomic E-state index is 0.0236. The molecule has 0 aromatic heterocycles. The minimum atomic E-state index is -0.717. The molecule has 1 N–H and O–H groups in total. The third-order valence-electron chi connectivity index (χ3n) is 5.79. The molecule has 3 heterocycles. The average molecular weight is 343 g/mol. The molecule has 3 aliphatic heterocycles. The Bertz CT molecular complexity index is 706. The van der Waals surface area contributed by atoms with Crippen molar-refractivity contribution in [1.29, 1.82) is 0 Å². The third-order valence-corrected chi connectivity index (χ3v) is 5.79. The topological polar surface area (TPSA) is 61.9 Å². The monoisotopic (exact) mass is 343 g/mol. The van der Waals surface area contributed by atoms with Crippen LogP contribution < -0.4 is 15.0 Å². The second-order valence-electron chi connectivity index (χ2n) is 7.67. The number of amides is 3. The van der Waals surface area contributed by atoms with E-state index in [4.69, 9.17) is 4.74 Å². The fourth-order valence-electron chi connectivity index (χ4n) is 4.88. The summed E-state index contributed by atoms with van der Waals surface area (Å²) in [6, 6.07) is 7.58. The van der Waals surface area contributed by atoms with Crippen LogP contribution in [-0.2, 0) is 4.79 Å². The Morgan fingerprint density at radius 3 is 2.48 bits per heavy atom. The highest BCUT2D eigenvalue weighted by Gasteiger charge is 2.62. The van der Waals surface area contributed by atoms with Crippen LogP contribution in [0.1, 0.15) is 39.5 Å². The van der Waals surface area contributed by atoms with Gasteiger partial charge in [0.2, 0.25) is 0 Å². The Hall–Kier alpha value is -2.08. The van der Waals surface area contributed by atoms with Crippen molar-refractivity contribution in [3.63, 3.8) is 0 Å². The van der Waals surface area contributed by atoms with Crippen LogP contribution in [0.25, 0.3) is 0 Å². The van der Waals surface area contributed by atoms with E-state index < -0.39 is 5.54 Å². The Labute approximate surface area is 148 Å². The van der Waals surface area contributed by atoms with Gasteiger partial charge in [0.05, 0.1) is 12.8 Å². The smallest absolute Gasteiger partial charge is 0.332 e. The number of rotatable bonds is 3. The van der Waals surface area contributed by atoms with Gasteiger partial charge in [-0.2, -0.15) is 0 Å². The normalized spacial score (nSPS) is 31.5. The van der Waals surface area contributed by atoms with Gasteiger partial charge in [0, 0.05) is 24.2 Å². The molecule has 134 valence electrons. The fourth-order valence-corrected chi connectivity index (χ4v) is 4.88. The Balaban J connectivity index is 1.78. The lowest BCUT2D eigenvalue weighted by Gasteiger charge is -2.43. The zero-order valence-corrected chi connectivity index (χ0v) is 15.0. The first kappa shape index (κ1) is 16.4. The van der Waals surface area contributed by atoms with Crippen LogP contribution in [-0.4, -0.2) is 47.6 Å². The van der Waals surface area contributed by atoms with Crippen LogP contribution in [0.15, 0.2) is 24.3 Å². The first-order valence-corrected chi connectivity index (χ1v) is 9.04. The van der Waals surface area contributed by atoms with E-state index in [2.05, 4.69) is 5.32 Å². The number of hydrogen-bond acceptors (Lipinski definition) is 4. The molecule has 0 saturated carbocycles. The molecule has 6 heteroatoms. The molecule has 25 heavy (non-hydrogen) atoms. The number of nitrogens with one attached hydrogen (secondary N) is 1. The molecule has 2 atom stereocenters. The summed E-state index contributed by atoms with van der Waals surface area (Å²) in [5.74, 6) is 0.554. The maximum Gasteiger partial charge on any atom is 0.332 e. The van der Waals surface area contributed by atoms with Crippen LogP contribution in [0.5, 0.6) is 5.75 Å². The highest BCUT2D eigenvalue weighted by molar-refractivity contribution is 6.23. The number of fused-ring (bicyclic) bond motifs is 2. The van der Waals surface area contributed by atoms with Crippen molar-refractivity contribution in [2.45, 2.75) is 63.2 Å². The van der Waals surface area contributed by atoms with Crippen molar-refractivity contribution < 1.29 is 14.3 Å². The van der Waals surface area contributed by atoms with Crippen molar-refractivity contribution in [3.8, 4) is 5.75 Å². The van der Waals surface area contributed by atoms with Gasteiger partial charge in [0.15, 0.2) is 0 Å². The number of piperidine rings is 1. The number of urea groups is 1. The van der Waals surface area contributed by atoms with Crippen LogP contribution in [0.3, 0.4) is 0 Å². The molecule has 4 rings (SSSR count). The van der Waals surface area contributed by atoms with Crippen molar-refractivity contribution in [2.75, 3.05) is 12.0 Å².